The Bertz CT molecular complexity index is 454. The number of rotatable bonds is 4. The van der Waals surface area contributed by atoms with Crippen LogP contribution >= 0.6 is 35.0 Å². The van der Waals surface area contributed by atoms with Crippen molar-refractivity contribution < 1.29 is 4.42 Å². The Morgan fingerprint density at radius 1 is 1.06 bits per heavy atom. The molecule has 0 atom stereocenters. The van der Waals surface area contributed by atoms with Gasteiger partial charge < -0.3 is 4.42 Å². The molecule has 1 aromatic carbocycles. The molecule has 0 amide bonds. The monoisotopic (exact) mass is 272 g/mol. The fourth-order valence-corrected chi connectivity index (χ4v) is 2.50. The van der Waals surface area contributed by atoms with E-state index in [0.717, 1.165) is 17.3 Å². The summed E-state index contributed by atoms with van der Waals surface area (Å²) in [6.07, 6.45) is 1.69. The second-order valence-corrected chi connectivity index (χ2v) is 5.12. The molecule has 0 unspecified atom stereocenters. The topological polar surface area (TPSA) is 13.1 Å². The van der Waals surface area contributed by atoms with Gasteiger partial charge in [0.2, 0.25) is 0 Å². The molecule has 4 heteroatoms. The molecule has 0 spiro atoms. The zero-order valence-corrected chi connectivity index (χ0v) is 10.8. The molecule has 16 heavy (non-hydrogen) atoms. The Morgan fingerprint density at radius 2 is 1.94 bits per heavy atom. The maximum Gasteiger partial charge on any atom is 0.113 e. The van der Waals surface area contributed by atoms with Gasteiger partial charge in [0.25, 0.3) is 0 Å². The highest BCUT2D eigenvalue weighted by atomic mass is 35.5. The normalized spacial score (nSPS) is 10.6. The SMILES string of the molecule is Clc1ccc(CSCc2ccco2)cc1Cl. The van der Waals surface area contributed by atoms with Crippen LogP contribution < -0.4 is 0 Å². The molecule has 1 aromatic heterocycles. The van der Waals surface area contributed by atoms with Gasteiger partial charge in [-0.05, 0) is 29.8 Å². The fourth-order valence-electron chi connectivity index (χ4n) is 1.29. The lowest BCUT2D eigenvalue weighted by Gasteiger charge is -2.02. The zero-order chi connectivity index (χ0) is 11.4. The van der Waals surface area contributed by atoms with Gasteiger partial charge in [-0.2, -0.15) is 0 Å². The molecule has 0 aliphatic rings. The van der Waals surface area contributed by atoms with E-state index in [2.05, 4.69) is 0 Å². The summed E-state index contributed by atoms with van der Waals surface area (Å²) in [6.45, 7) is 0. The van der Waals surface area contributed by atoms with E-state index >= 15 is 0 Å². The van der Waals surface area contributed by atoms with E-state index in [-0.39, 0.29) is 0 Å². The maximum atomic E-state index is 5.93. The standard InChI is InChI=1S/C12H10Cl2OS/c13-11-4-3-9(6-12(11)14)7-16-8-10-2-1-5-15-10/h1-6H,7-8H2. The van der Waals surface area contributed by atoms with Crippen LogP contribution in [0.25, 0.3) is 0 Å². The minimum absolute atomic E-state index is 0.599. The summed E-state index contributed by atoms with van der Waals surface area (Å²) in [4.78, 5) is 0. The number of hydrogen-bond donors (Lipinski definition) is 0. The van der Waals surface area contributed by atoms with Crippen LogP contribution in [0.15, 0.2) is 41.0 Å². The van der Waals surface area contributed by atoms with Crippen LogP contribution in [0, 0.1) is 0 Å². The molecule has 2 aromatic rings. The molecule has 1 heterocycles. The molecule has 0 aliphatic carbocycles. The molecule has 1 nitrogen and oxygen atoms in total. The molecule has 0 aliphatic heterocycles. The third-order valence-corrected chi connectivity index (χ3v) is 3.84. The Morgan fingerprint density at radius 3 is 2.62 bits per heavy atom. The minimum atomic E-state index is 0.599. The quantitative estimate of drug-likeness (QED) is 0.775. The molecule has 0 bridgehead atoms. The first-order valence-electron chi connectivity index (χ1n) is 4.80. The van der Waals surface area contributed by atoms with Crippen molar-refractivity contribution in [3.05, 3.63) is 58.0 Å². The Balaban J connectivity index is 1.87. The number of hydrogen-bond acceptors (Lipinski definition) is 2. The number of furan rings is 1. The highest BCUT2D eigenvalue weighted by molar-refractivity contribution is 7.97. The summed E-state index contributed by atoms with van der Waals surface area (Å²) >= 11 is 13.6. The third-order valence-electron chi connectivity index (χ3n) is 2.08. The van der Waals surface area contributed by atoms with Crippen LogP contribution in [-0.2, 0) is 11.5 Å². The lowest BCUT2D eigenvalue weighted by molar-refractivity contribution is 0.530. The van der Waals surface area contributed by atoms with Crippen LogP contribution in [0.4, 0.5) is 0 Å². The van der Waals surface area contributed by atoms with Gasteiger partial charge in [0.05, 0.1) is 22.1 Å². The van der Waals surface area contributed by atoms with Crippen molar-refractivity contribution in [2.24, 2.45) is 0 Å². The van der Waals surface area contributed by atoms with Crippen molar-refractivity contribution in [1.29, 1.82) is 0 Å². The molecule has 0 saturated carbocycles. The average Bonchev–Trinajstić information content (AvgIpc) is 2.76. The van der Waals surface area contributed by atoms with Crippen molar-refractivity contribution in [2.45, 2.75) is 11.5 Å². The van der Waals surface area contributed by atoms with Crippen molar-refractivity contribution in [3.63, 3.8) is 0 Å². The molecule has 0 radical (unpaired) electrons. The molecule has 0 saturated heterocycles. The van der Waals surface area contributed by atoms with Crippen LogP contribution in [0.2, 0.25) is 10.0 Å². The largest absolute Gasteiger partial charge is 0.468 e. The first-order valence-corrected chi connectivity index (χ1v) is 6.71. The van der Waals surface area contributed by atoms with E-state index in [9.17, 15) is 0 Å². The van der Waals surface area contributed by atoms with Crippen molar-refractivity contribution in [2.75, 3.05) is 0 Å². The van der Waals surface area contributed by atoms with Crippen molar-refractivity contribution in [1.82, 2.24) is 0 Å². The molecule has 84 valence electrons. The highest BCUT2D eigenvalue weighted by Gasteiger charge is 2.01. The van der Waals surface area contributed by atoms with E-state index in [1.807, 2.05) is 30.3 Å². The van der Waals surface area contributed by atoms with Gasteiger partial charge in [-0.15, -0.1) is 11.8 Å². The number of thioether (sulfide) groups is 1. The molecular formula is C12H10Cl2OS. The summed E-state index contributed by atoms with van der Waals surface area (Å²) < 4.78 is 5.25. The summed E-state index contributed by atoms with van der Waals surface area (Å²) in [5.74, 6) is 2.76. The van der Waals surface area contributed by atoms with E-state index in [1.165, 1.54) is 5.56 Å². The predicted molar refractivity (Wildman–Crippen MR) is 70.2 cm³/mol. The smallest absolute Gasteiger partial charge is 0.113 e. The van der Waals surface area contributed by atoms with Gasteiger partial charge in [-0.1, -0.05) is 29.3 Å². The van der Waals surface area contributed by atoms with E-state index in [0.29, 0.717) is 10.0 Å². The second kappa shape index (κ2) is 5.67. The molecule has 2 rings (SSSR count). The average molecular weight is 273 g/mol. The van der Waals surface area contributed by atoms with Crippen LogP contribution in [-0.4, -0.2) is 0 Å². The molecule has 0 N–H and O–H groups in total. The van der Waals surface area contributed by atoms with Gasteiger partial charge >= 0.3 is 0 Å². The minimum Gasteiger partial charge on any atom is -0.468 e. The van der Waals surface area contributed by atoms with E-state index in [4.69, 9.17) is 27.6 Å². The maximum absolute atomic E-state index is 5.93. The van der Waals surface area contributed by atoms with Crippen LogP contribution in [0.3, 0.4) is 0 Å². The van der Waals surface area contributed by atoms with Gasteiger partial charge in [-0.3, -0.25) is 0 Å². The first-order chi connectivity index (χ1) is 7.75. The summed E-state index contributed by atoms with van der Waals surface area (Å²) in [5, 5.41) is 1.21. The van der Waals surface area contributed by atoms with E-state index in [1.54, 1.807) is 18.0 Å². The summed E-state index contributed by atoms with van der Waals surface area (Å²) in [6, 6.07) is 9.59. The highest BCUT2D eigenvalue weighted by Crippen LogP contribution is 2.25. The number of halogens is 2. The van der Waals surface area contributed by atoms with Crippen LogP contribution in [0.1, 0.15) is 11.3 Å². The summed E-state index contributed by atoms with van der Waals surface area (Å²) in [5.41, 5.74) is 1.17. The second-order valence-electron chi connectivity index (χ2n) is 3.32. The number of benzene rings is 1. The Labute approximate surface area is 109 Å². The fraction of sp³-hybridized carbons (Fsp3) is 0.167. The zero-order valence-electron chi connectivity index (χ0n) is 8.45. The van der Waals surface area contributed by atoms with Crippen molar-refractivity contribution >= 4 is 35.0 Å². The summed E-state index contributed by atoms with van der Waals surface area (Å²) in [7, 11) is 0. The van der Waals surface area contributed by atoms with Gasteiger partial charge in [0.1, 0.15) is 5.76 Å². The first kappa shape index (κ1) is 11.9. The van der Waals surface area contributed by atoms with Crippen molar-refractivity contribution in [3.8, 4) is 0 Å². The lowest BCUT2D eigenvalue weighted by atomic mass is 10.2. The van der Waals surface area contributed by atoms with Gasteiger partial charge in [0, 0.05) is 5.75 Å². The van der Waals surface area contributed by atoms with E-state index < -0.39 is 0 Å². The predicted octanol–water partition coefficient (Wildman–Crippen LogP) is 5.02. The van der Waals surface area contributed by atoms with Crippen LogP contribution in [0.5, 0.6) is 0 Å². The Hall–Kier alpha value is -0.570. The third kappa shape index (κ3) is 3.21. The molecule has 0 fully saturated rings. The molecular weight excluding hydrogens is 263 g/mol. The van der Waals surface area contributed by atoms with Gasteiger partial charge in [-0.25, -0.2) is 0 Å². The van der Waals surface area contributed by atoms with Gasteiger partial charge in [0.15, 0.2) is 0 Å². The Kier molecular flexibility index (Phi) is 4.22. The lowest BCUT2D eigenvalue weighted by Crippen LogP contribution is -1.82.